The Kier molecular flexibility index (Phi) is 5.46. The highest BCUT2D eigenvalue weighted by Crippen LogP contribution is 2.22. The Morgan fingerprint density at radius 3 is 2.78 bits per heavy atom. The van der Waals surface area contributed by atoms with E-state index >= 15 is 0 Å². The van der Waals surface area contributed by atoms with E-state index in [4.69, 9.17) is 0 Å². The largest absolute Gasteiger partial charge is 0.362 e. The molecule has 1 N–H and O–H groups in total. The van der Waals surface area contributed by atoms with Crippen LogP contribution in [0.5, 0.6) is 0 Å². The standard InChI is InChI=1S/C15H18N2S/c1-5-14(18)10-17-12(4)13-8-7-11(3)15(9-13)16-6-2/h5-10,16,18H,2,4H2,1,3H3/b14-5+,17-10?. The van der Waals surface area contributed by atoms with Crippen molar-refractivity contribution in [2.45, 2.75) is 13.8 Å². The van der Waals surface area contributed by atoms with Gasteiger partial charge in [-0.05, 0) is 31.7 Å². The molecule has 0 aliphatic heterocycles. The minimum atomic E-state index is 0.704. The Bertz CT molecular complexity index is 513. The van der Waals surface area contributed by atoms with Crippen LogP contribution < -0.4 is 5.32 Å². The number of rotatable bonds is 5. The number of benzene rings is 1. The van der Waals surface area contributed by atoms with Crippen molar-refractivity contribution in [3.05, 3.63) is 59.7 Å². The molecule has 0 aliphatic carbocycles. The van der Waals surface area contributed by atoms with Crippen LogP contribution in [-0.4, -0.2) is 6.21 Å². The van der Waals surface area contributed by atoms with E-state index in [0.717, 1.165) is 21.7 Å². The summed E-state index contributed by atoms with van der Waals surface area (Å²) in [5.74, 6) is 0. The molecule has 0 aromatic heterocycles. The predicted molar refractivity (Wildman–Crippen MR) is 85.3 cm³/mol. The van der Waals surface area contributed by atoms with Crippen LogP contribution in [-0.2, 0) is 0 Å². The van der Waals surface area contributed by atoms with E-state index in [1.807, 2.05) is 38.1 Å². The van der Waals surface area contributed by atoms with E-state index in [1.54, 1.807) is 12.4 Å². The van der Waals surface area contributed by atoms with Gasteiger partial charge in [0, 0.05) is 22.4 Å². The van der Waals surface area contributed by atoms with Crippen molar-refractivity contribution < 1.29 is 0 Å². The summed E-state index contributed by atoms with van der Waals surface area (Å²) in [5, 5.41) is 3.09. The Morgan fingerprint density at radius 1 is 1.44 bits per heavy atom. The second kappa shape index (κ2) is 6.87. The highest BCUT2D eigenvalue weighted by molar-refractivity contribution is 7.85. The predicted octanol–water partition coefficient (Wildman–Crippen LogP) is 4.43. The maximum absolute atomic E-state index is 4.28. The molecule has 0 atom stereocenters. The lowest BCUT2D eigenvalue weighted by atomic mass is 10.1. The molecular formula is C15H18N2S. The average molecular weight is 258 g/mol. The zero-order chi connectivity index (χ0) is 13.5. The van der Waals surface area contributed by atoms with Gasteiger partial charge in [-0.3, -0.25) is 4.99 Å². The van der Waals surface area contributed by atoms with Gasteiger partial charge in [-0.2, -0.15) is 0 Å². The number of hydrogen-bond donors (Lipinski definition) is 2. The van der Waals surface area contributed by atoms with Gasteiger partial charge in [-0.15, -0.1) is 12.6 Å². The van der Waals surface area contributed by atoms with Crippen molar-refractivity contribution in [2.75, 3.05) is 5.32 Å². The van der Waals surface area contributed by atoms with Crippen LogP contribution in [0.1, 0.15) is 18.1 Å². The van der Waals surface area contributed by atoms with Crippen LogP contribution in [0.3, 0.4) is 0 Å². The maximum atomic E-state index is 4.28. The molecule has 1 aromatic rings. The molecule has 0 bridgehead atoms. The molecule has 2 nitrogen and oxygen atoms in total. The van der Waals surface area contributed by atoms with Gasteiger partial charge in [0.05, 0.1) is 5.70 Å². The molecule has 0 saturated heterocycles. The fourth-order valence-corrected chi connectivity index (χ4v) is 1.42. The smallest absolute Gasteiger partial charge is 0.0631 e. The third kappa shape index (κ3) is 3.93. The summed E-state index contributed by atoms with van der Waals surface area (Å²) in [6.45, 7) is 11.6. The van der Waals surface area contributed by atoms with E-state index < -0.39 is 0 Å². The first-order chi connectivity index (χ1) is 8.58. The van der Waals surface area contributed by atoms with E-state index in [2.05, 4.69) is 36.1 Å². The lowest BCUT2D eigenvalue weighted by molar-refractivity contribution is 1.41. The lowest BCUT2D eigenvalue weighted by Gasteiger charge is -2.08. The Hall–Kier alpha value is -1.74. The van der Waals surface area contributed by atoms with E-state index in [-0.39, 0.29) is 0 Å². The van der Waals surface area contributed by atoms with Crippen molar-refractivity contribution in [1.82, 2.24) is 0 Å². The molecule has 0 aliphatic rings. The van der Waals surface area contributed by atoms with Crippen LogP contribution in [0.15, 0.2) is 53.5 Å². The van der Waals surface area contributed by atoms with E-state index in [0.29, 0.717) is 5.70 Å². The second-order valence-electron chi connectivity index (χ2n) is 3.80. The molecule has 0 saturated carbocycles. The summed E-state index contributed by atoms with van der Waals surface area (Å²) in [6.07, 6.45) is 5.22. The first-order valence-corrected chi connectivity index (χ1v) is 6.10. The van der Waals surface area contributed by atoms with Crippen LogP contribution in [0, 0.1) is 6.92 Å². The molecule has 0 radical (unpaired) electrons. The number of aliphatic imine (C=N–C) groups is 1. The van der Waals surface area contributed by atoms with Gasteiger partial charge in [0.1, 0.15) is 0 Å². The number of nitrogens with zero attached hydrogens (tertiary/aromatic N) is 1. The van der Waals surface area contributed by atoms with Crippen LogP contribution >= 0.6 is 12.6 Å². The lowest BCUT2D eigenvalue weighted by Crippen LogP contribution is -1.92. The molecule has 94 valence electrons. The number of aryl methyl sites for hydroxylation is 1. The van der Waals surface area contributed by atoms with Crippen molar-refractivity contribution in [3.63, 3.8) is 0 Å². The minimum absolute atomic E-state index is 0.704. The summed E-state index contributed by atoms with van der Waals surface area (Å²) in [5.41, 5.74) is 3.84. The molecule has 0 spiro atoms. The van der Waals surface area contributed by atoms with Gasteiger partial charge in [-0.25, -0.2) is 0 Å². The fourth-order valence-electron chi connectivity index (χ4n) is 1.36. The first kappa shape index (κ1) is 14.3. The van der Waals surface area contributed by atoms with Crippen LogP contribution in [0.2, 0.25) is 0 Å². The number of hydrogen-bond acceptors (Lipinski definition) is 3. The minimum Gasteiger partial charge on any atom is -0.362 e. The average Bonchev–Trinajstić information content (AvgIpc) is 2.38. The highest BCUT2D eigenvalue weighted by Gasteiger charge is 2.01. The van der Waals surface area contributed by atoms with Gasteiger partial charge in [-0.1, -0.05) is 31.4 Å². The molecule has 18 heavy (non-hydrogen) atoms. The van der Waals surface area contributed by atoms with Gasteiger partial charge in [0.2, 0.25) is 0 Å². The third-order valence-electron chi connectivity index (χ3n) is 2.48. The van der Waals surface area contributed by atoms with E-state index in [1.165, 1.54) is 0 Å². The number of allylic oxidation sites excluding steroid dienone is 2. The van der Waals surface area contributed by atoms with Crippen molar-refractivity contribution in [3.8, 4) is 0 Å². The summed E-state index contributed by atoms with van der Waals surface area (Å²) >= 11 is 4.23. The third-order valence-corrected chi connectivity index (χ3v) is 2.85. The first-order valence-electron chi connectivity index (χ1n) is 5.65. The molecule has 0 amide bonds. The topological polar surface area (TPSA) is 24.4 Å². The molecule has 0 fully saturated rings. The number of anilines is 1. The molecule has 0 unspecified atom stereocenters. The van der Waals surface area contributed by atoms with Crippen LogP contribution in [0.25, 0.3) is 5.70 Å². The van der Waals surface area contributed by atoms with Gasteiger partial charge >= 0.3 is 0 Å². The summed E-state index contributed by atoms with van der Waals surface area (Å²) in [4.78, 5) is 5.09. The Balaban J connectivity index is 2.96. The monoisotopic (exact) mass is 258 g/mol. The Morgan fingerprint density at radius 2 is 2.17 bits per heavy atom. The molecule has 0 heterocycles. The van der Waals surface area contributed by atoms with Crippen molar-refractivity contribution in [2.24, 2.45) is 4.99 Å². The highest BCUT2D eigenvalue weighted by atomic mass is 32.1. The van der Waals surface area contributed by atoms with Gasteiger partial charge < -0.3 is 5.32 Å². The molecule has 1 aromatic carbocycles. The zero-order valence-corrected chi connectivity index (χ0v) is 11.7. The SMILES string of the molecule is C=CNc1cc(C(=C)N=C/C(S)=C\C)ccc1C. The number of thiol groups is 1. The normalized spacial score (nSPS) is 11.6. The zero-order valence-electron chi connectivity index (χ0n) is 10.8. The second-order valence-corrected chi connectivity index (χ2v) is 4.31. The van der Waals surface area contributed by atoms with Crippen molar-refractivity contribution >= 4 is 30.2 Å². The molecular weight excluding hydrogens is 240 g/mol. The Labute approximate surface area is 114 Å². The van der Waals surface area contributed by atoms with Crippen LogP contribution in [0.4, 0.5) is 5.69 Å². The summed E-state index contributed by atoms with van der Waals surface area (Å²) in [6, 6.07) is 6.03. The van der Waals surface area contributed by atoms with Gasteiger partial charge in [0.15, 0.2) is 0 Å². The van der Waals surface area contributed by atoms with E-state index in [9.17, 15) is 0 Å². The fraction of sp³-hybridized carbons (Fsp3) is 0.133. The summed E-state index contributed by atoms with van der Waals surface area (Å²) < 4.78 is 0. The summed E-state index contributed by atoms with van der Waals surface area (Å²) in [7, 11) is 0. The quantitative estimate of drug-likeness (QED) is 0.593. The maximum Gasteiger partial charge on any atom is 0.0631 e. The number of nitrogens with one attached hydrogen (secondary N) is 1. The van der Waals surface area contributed by atoms with Gasteiger partial charge in [0.25, 0.3) is 0 Å². The molecule has 3 heteroatoms. The van der Waals surface area contributed by atoms with Crippen molar-refractivity contribution in [1.29, 1.82) is 0 Å². The molecule has 1 rings (SSSR count).